The minimum absolute atomic E-state index is 0.104. The van der Waals surface area contributed by atoms with Gasteiger partial charge in [0.05, 0.1) is 65.4 Å². The van der Waals surface area contributed by atoms with E-state index in [2.05, 4.69) is 59.0 Å². The number of anilines is 1. The fraction of sp³-hybridized carbons (Fsp3) is 0.578. The Labute approximate surface area is 360 Å². The molecule has 7 heterocycles. The second kappa shape index (κ2) is 16.7. The number of esters is 1. The molecular formula is C45H57FN8O6S. The smallest absolute Gasteiger partial charge is 0.324 e. The first-order valence-corrected chi connectivity index (χ1v) is 22.6. The van der Waals surface area contributed by atoms with Gasteiger partial charge in [-0.2, -0.15) is 0 Å². The number of amides is 2. The second-order valence-electron chi connectivity index (χ2n) is 18.3. The van der Waals surface area contributed by atoms with E-state index in [1.807, 2.05) is 24.6 Å². The van der Waals surface area contributed by atoms with Crippen LogP contribution in [0.15, 0.2) is 29.8 Å². The van der Waals surface area contributed by atoms with Crippen LogP contribution in [0.4, 0.5) is 10.1 Å². The third-order valence-electron chi connectivity index (χ3n) is 13.4. The summed E-state index contributed by atoms with van der Waals surface area (Å²) < 4.78 is 36.4. The molecule has 4 aliphatic heterocycles. The lowest BCUT2D eigenvalue weighted by atomic mass is 9.84. The number of hydrogen-bond donors (Lipinski definition) is 2. The SMILES string of the molecule is CCn1c(-c2cc(N3CCN(C)CC3)cnc2[C@H](C)OC)c2c3cc(c(F)cc31)-c1csc(n1)C[C@H](NC(=O)[C@H]1[C@@H]3COC[C@@H]31)C(=O)N1CCC[C@H](N1)C(=O)OCC(C)(C)C2. The van der Waals surface area contributed by atoms with Crippen LogP contribution in [0, 0.1) is 29.0 Å². The quantitative estimate of drug-likeness (QED) is 0.243. The molecule has 1 saturated carbocycles. The van der Waals surface area contributed by atoms with Crippen molar-refractivity contribution >= 4 is 45.7 Å². The normalized spacial score (nSPS) is 26.2. The number of nitrogens with one attached hydrogen (secondary N) is 2. The van der Waals surface area contributed by atoms with Crippen molar-refractivity contribution in [3.8, 4) is 22.5 Å². The van der Waals surface area contributed by atoms with Gasteiger partial charge in [-0.05, 0) is 75.8 Å². The number of cyclic esters (lactones) is 1. The zero-order chi connectivity index (χ0) is 42.7. The summed E-state index contributed by atoms with van der Waals surface area (Å²) in [5, 5.41) is 7.76. The molecule has 14 nitrogen and oxygen atoms in total. The molecular weight excluding hydrogens is 800 g/mol. The van der Waals surface area contributed by atoms with Crippen molar-refractivity contribution in [3.05, 3.63) is 51.9 Å². The van der Waals surface area contributed by atoms with Gasteiger partial charge in [-0.15, -0.1) is 11.3 Å². The largest absolute Gasteiger partial charge is 0.464 e. The predicted molar refractivity (Wildman–Crippen MR) is 230 cm³/mol. The number of rotatable bonds is 7. The lowest BCUT2D eigenvalue weighted by Gasteiger charge is -2.35. The number of likely N-dealkylation sites (N-methyl/N-ethyl adjacent to an activating group) is 1. The van der Waals surface area contributed by atoms with Gasteiger partial charge < -0.3 is 33.9 Å². The van der Waals surface area contributed by atoms with Gasteiger partial charge in [0.25, 0.3) is 5.91 Å². The first-order chi connectivity index (χ1) is 29.3. The zero-order valence-corrected chi connectivity index (χ0v) is 36.8. The summed E-state index contributed by atoms with van der Waals surface area (Å²) in [5.74, 6) is -1.27. The summed E-state index contributed by atoms with van der Waals surface area (Å²) in [4.78, 5) is 56.4. The molecule has 9 rings (SSSR count). The number of fused-ring (bicyclic) bond motifs is 7. The van der Waals surface area contributed by atoms with E-state index < -0.39 is 29.3 Å². The van der Waals surface area contributed by atoms with E-state index in [1.165, 1.54) is 16.3 Å². The lowest BCUT2D eigenvalue weighted by Crippen LogP contribution is -2.60. The highest BCUT2D eigenvalue weighted by Gasteiger charge is 2.58. The van der Waals surface area contributed by atoms with Gasteiger partial charge in [-0.25, -0.2) is 14.8 Å². The van der Waals surface area contributed by atoms with Gasteiger partial charge in [-0.3, -0.25) is 24.4 Å². The van der Waals surface area contributed by atoms with Crippen LogP contribution >= 0.6 is 11.3 Å². The maximum absolute atomic E-state index is 16.7. The Bertz CT molecular complexity index is 2330. The van der Waals surface area contributed by atoms with E-state index in [9.17, 15) is 14.4 Å². The third-order valence-corrected chi connectivity index (χ3v) is 14.3. The van der Waals surface area contributed by atoms with Gasteiger partial charge >= 0.3 is 5.97 Å². The van der Waals surface area contributed by atoms with Crippen LogP contribution in [0.2, 0.25) is 0 Å². The van der Waals surface area contributed by atoms with Gasteiger partial charge in [0.15, 0.2) is 0 Å². The van der Waals surface area contributed by atoms with E-state index in [0.29, 0.717) is 61.8 Å². The standard InChI is InChI=1S/C45H57FN8O6S/c1-7-53-37-17-33(46)28-16-27(37)30(41(53)29-15-26(20-47-40(29)25(2)58-6)52-13-11-51(5)12-14-52)19-45(3,4)24-60-44(57)34-9-8-10-54(50-34)43(56)35(18-38-48-36(28)23-61-38)49-42(55)39-31-21-59-22-32(31)39/h15-17,20,23,25,31-32,34-35,39,50H,7-14,18-19,21-22,24H2,1-6H3,(H,49,55)/t25-,31-,32+,34-,35-,39+/m0/s1. The Kier molecular flexibility index (Phi) is 11.4. The van der Waals surface area contributed by atoms with E-state index >= 15 is 4.39 Å². The Morgan fingerprint density at radius 1 is 1.11 bits per heavy atom. The molecule has 2 amide bonds. The average Bonchev–Trinajstić information content (AvgIpc) is 3.57. The van der Waals surface area contributed by atoms with Crippen molar-refractivity contribution in [1.82, 2.24) is 35.2 Å². The number of aryl methyl sites for hydroxylation is 1. The number of hydrogen-bond acceptors (Lipinski definition) is 12. The zero-order valence-electron chi connectivity index (χ0n) is 36.0. The van der Waals surface area contributed by atoms with Gasteiger partial charge in [0.1, 0.15) is 17.9 Å². The van der Waals surface area contributed by atoms with E-state index in [0.717, 1.165) is 65.3 Å². The third kappa shape index (κ3) is 8.05. The number of piperazine rings is 1. The fourth-order valence-electron chi connectivity index (χ4n) is 9.78. The molecule has 16 heteroatoms. The van der Waals surface area contributed by atoms with Crippen LogP contribution in [0.5, 0.6) is 0 Å². The topological polar surface area (TPSA) is 143 Å². The number of nitrogens with zero attached hydrogens (tertiary/aromatic N) is 6. The first-order valence-electron chi connectivity index (χ1n) is 21.7. The van der Waals surface area contributed by atoms with E-state index in [1.54, 1.807) is 13.2 Å². The number of aromatic nitrogens is 3. The van der Waals surface area contributed by atoms with Gasteiger partial charge in [0.2, 0.25) is 5.91 Å². The average molecular weight is 857 g/mol. The number of halogens is 1. The molecule has 3 aromatic heterocycles. The van der Waals surface area contributed by atoms with Crippen molar-refractivity contribution in [1.29, 1.82) is 0 Å². The molecule has 5 aliphatic rings. The van der Waals surface area contributed by atoms with E-state index in [4.69, 9.17) is 24.2 Å². The highest BCUT2D eigenvalue weighted by atomic mass is 32.1. The van der Waals surface area contributed by atoms with Gasteiger partial charge in [-0.1, -0.05) is 13.8 Å². The Balaban J connectivity index is 1.17. The van der Waals surface area contributed by atoms with Crippen molar-refractivity contribution in [2.24, 2.45) is 23.2 Å². The summed E-state index contributed by atoms with van der Waals surface area (Å²) >= 11 is 1.33. The number of benzene rings is 1. The predicted octanol–water partition coefficient (Wildman–Crippen LogP) is 4.99. The molecule has 2 N–H and O–H groups in total. The van der Waals surface area contributed by atoms with Crippen LogP contribution in [-0.4, -0.2) is 121 Å². The molecule has 61 heavy (non-hydrogen) atoms. The highest BCUT2D eigenvalue weighted by molar-refractivity contribution is 7.10. The number of pyridine rings is 1. The minimum atomic E-state index is -0.951. The number of methoxy groups -OCH3 is 1. The van der Waals surface area contributed by atoms with Crippen molar-refractivity contribution < 1.29 is 33.0 Å². The number of thiazole rings is 1. The van der Waals surface area contributed by atoms with Crippen molar-refractivity contribution in [2.45, 2.75) is 78.1 Å². The monoisotopic (exact) mass is 856 g/mol. The Morgan fingerprint density at radius 2 is 1.89 bits per heavy atom. The van der Waals surface area contributed by atoms with Crippen LogP contribution in [-0.2, 0) is 48.0 Å². The number of carbonyl (C=O) groups is 3. The summed E-state index contributed by atoms with van der Waals surface area (Å²) in [6, 6.07) is 4.02. The minimum Gasteiger partial charge on any atom is -0.464 e. The summed E-state index contributed by atoms with van der Waals surface area (Å²) in [6.45, 7) is 13.9. The molecule has 3 saturated heterocycles. The molecule has 4 aromatic rings. The highest BCUT2D eigenvalue weighted by Crippen LogP contribution is 2.51. The summed E-state index contributed by atoms with van der Waals surface area (Å²) in [6.07, 6.45) is 3.28. The maximum atomic E-state index is 16.7. The molecule has 326 valence electrons. The second-order valence-corrected chi connectivity index (χ2v) is 19.2. The van der Waals surface area contributed by atoms with Gasteiger partial charge in [0, 0.05) is 86.0 Å². The van der Waals surface area contributed by atoms with Crippen molar-refractivity contribution in [2.75, 3.05) is 71.6 Å². The molecule has 1 aromatic carbocycles. The lowest BCUT2D eigenvalue weighted by molar-refractivity contribution is -0.155. The van der Waals surface area contributed by atoms with Crippen LogP contribution in [0.3, 0.4) is 0 Å². The number of hydrazine groups is 1. The molecule has 6 bridgehead atoms. The Morgan fingerprint density at radius 3 is 2.62 bits per heavy atom. The van der Waals surface area contributed by atoms with E-state index in [-0.39, 0.29) is 48.7 Å². The molecule has 1 aliphatic carbocycles. The molecule has 0 spiro atoms. The Hall–Kier alpha value is -4.48. The number of ether oxygens (including phenoxy) is 3. The number of carbonyl (C=O) groups excluding carboxylic acids is 3. The van der Waals surface area contributed by atoms with Crippen LogP contribution < -0.4 is 15.6 Å². The molecule has 0 radical (unpaired) electrons. The maximum Gasteiger partial charge on any atom is 0.324 e. The summed E-state index contributed by atoms with van der Waals surface area (Å²) in [7, 11) is 3.82. The summed E-state index contributed by atoms with van der Waals surface area (Å²) in [5.41, 5.74) is 8.73. The molecule has 0 unspecified atom stereocenters. The van der Waals surface area contributed by atoms with Crippen molar-refractivity contribution in [3.63, 3.8) is 0 Å². The molecule has 6 atom stereocenters. The van der Waals surface area contributed by atoms with Crippen LogP contribution in [0.25, 0.3) is 33.4 Å². The van der Waals surface area contributed by atoms with Crippen LogP contribution in [0.1, 0.15) is 62.9 Å². The first kappa shape index (κ1) is 41.9. The molecule has 4 fully saturated rings. The fourth-order valence-corrected chi connectivity index (χ4v) is 10.6.